The Morgan fingerprint density at radius 1 is 1.10 bits per heavy atom. The standard InChI is InChI=1S/C26H28N2O2S/c1-16-11-20-21(26(5,6)10-9-25(20,3)4)12-19(16)17(2)22-8-7-18(13-27-22)14-28-23(29)15-31-24(28)30/h7-13H,2,14-15H2,1,3-6H3. The number of imide groups is 1. The van der Waals surface area contributed by atoms with Gasteiger partial charge in [0.05, 0.1) is 18.0 Å². The van der Waals surface area contributed by atoms with Gasteiger partial charge in [-0.25, -0.2) is 0 Å². The molecule has 4 rings (SSSR count). The first kappa shape index (κ1) is 21.6. The summed E-state index contributed by atoms with van der Waals surface area (Å²) in [5.41, 5.74) is 7.41. The Morgan fingerprint density at radius 3 is 2.29 bits per heavy atom. The number of amides is 2. The molecule has 2 aromatic rings. The minimum atomic E-state index is -0.192. The maximum Gasteiger partial charge on any atom is 0.289 e. The van der Waals surface area contributed by atoms with E-state index in [1.807, 2.05) is 12.1 Å². The van der Waals surface area contributed by atoms with Crippen LogP contribution in [0.5, 0.6) is 0 Å². The summed E-state index contributed by atoms with van der Waals surface area (Å²) in [4.78, 5) is 29.6. The summed E-state index contributed by atoms with van der Waals surface area (Å²) in [5, 5.41) is -0.192. The molecule has 0 bridgehead atoms. The molecule has 31 heavy (non-hydrogen) atoms. The largest absolute Gasteiger partial charge is 0.289 e. The number of allylic oxidation sites excluding steroid dienone is 2. The maximum absolute atomic E-state index is 11.8. The van der Waals surface area contributed by atoms with Crippen molar-refractivity contribution in [3.63, 3.8) is 0 Å². The first-order chi connectivity index (χ1) is 14.5. The summed E-state index contributed by atoms with van der Waals surface area (Å²) >= 11 is 1.05. The molecule has 2 aliphatic rings. The smallest absolute Gasteiger partial charge is 0.273 e. The molecule has 0 N–H and O–H groups in total. The van der Waals surface area contributed by atoms with Gasteiger partial charge in [0, 0.05) is 22.6 Å². The van der Waals surface area contributed by atoms with Crippen LogP contribution in [0, 0.1) is 6.92 Å². The van der Waals surface area contributed by atoms with Gasteiger partial charge in [0.1, 0.15) is 0 Å². The van der Waals surface area contributed by atoms with Crippen LogP contribution in [0.4, 0.5) is 4.79 Å². The van der Waals surface area contributed by atoms with Crippen molar-refractivity contribution in [3.05, 3.63) is 82.7 Å². The molecule has 1 fully saturated rings. The third kappa shape index (κ3) is 3.87. The second-order valence-electron chi connectivity index (χ2n) is 9.55. The number of benzene rings is 1. The fourth-order valence-electron chi connectivity index (χ4n) is 4.25. The Bertz CT molecular complexity index is 1110. The predicted molar refractivity (Wildman–Crippen MR) is 127 cm³/mol. The van der Waals surface area contributed by atoms with Gasteiger partial charge in [-0.2, -0.15) is 0 Å². The fraction of sp³-hybridized carbons (Fsp3) is 0.346. The van der Waals surface area contributed by atoms with Crippen molar-refractivity contribution >= 4 is 28.5 Å². The highest BCUT2D eigenvalue weighted by Gasteiger charge is 2.33. The minimum absolute atomic E-state index is 0.00188. The highest BCUT2D eigenvalue weighted by Crippen LogP contribution is 2.43. The number of hydrogen-bond acceptors (Lipinski definition) is 4. The molecule has 0 unspecified atom stereocenters. The van der Waals surface area contributed by atoms with Crippen LogP contribution in [0.25, 0.3) is 5.57 Å². The highest BCUT2D eigenvalue weighted by molar-refractivity contribution is 8.14. The highest BCUT2D eigenvalue weighted by atomic mass is 32.2. The van der Waals surface area contributed by atoms with Crippen molar-refractivity contribution in [1.29, 1.82) is 0 Å². The van der Waals surface area contributed by atoms with Crippen molar-refractivity contribution in [3.8, 4) is 0 Å². The van der Waals surface area contributed by atoms with Gasteiger partial charge in [-0.05, 0) is 46.9 Å². The van der Waals surface area contributed by atoms with Crippen LogP contribution in [-0.2, 0) is 22.2 Å². The average Bonchev–Trinajstić information content (AvgIpc) is 3.03. The van der Waals surface area contributed by atoms with E-state index in [0.717, 1.165) is 34.2 Å². The van der Waals surface area contributed by atoms with Gasteiger partial charge in [0.2, 0.25) is 5.91 Å². The van der Waals surface area contributed by atoms with Gasteiger partial charge in [-0.15, -0.1) is 0 Å². The van der Waals surface area contributed by atoms with E-state index in [2.05, 4.69) is 70.5 Å². The molecule has 4 nitrogen and oxygen atoms in total. The van der Waals surface area contributed by atoms with E-state index in [-0.39, 0.29) is 34.3 Å². The number of fused-ring (bicyclic) bond motifs is 1. The van der Waals surface area contributed by atoms with Gasteiger partial charge in [0.25, 0.3) is 5.24 Å². The molecule has 1 saturated heterocycles. The van der Waals surface area contributed by atoms with Crippen LogP contribution in [-0.4, -0.2) is 26.8 Å². The lowest BCUT2D eigenvalue weighted by Gasteiger charge is -2.37. The molecule has 2 heterocycles. The number of aryl methyl sites for hydroxylation is 1. The van der Waals surface area contributed by atoms with Crippen molar-refractivity contribution in [2.75, 3.05) is 5.75 Å². The zero-order chi connectivity index (χ0) is 22.6. The number of thioether (sulfide) groups is 1. The van der Waals surface area contributed by atoms with Crippen molar-refractivity contribution in [1.82, 2.24) is 9.88 Å². The molecule has 2 amide bonds. The first-order valence-corrected chi connectivity index (χ1v) is 11.5. The number of aromatic nitrogens is 1. The van der Waals surface area contributed by atoms with Crippen molar-refractivity contribution in [2.45, 2.75) is 52.0 Å². The van der Waals surface area contributed by atoms with Gasteiger partial charge in [0.15, 0.2) is 0 Å². The van der Waals surface area contributed by atoms with Crippen LogP contribution in [0.3, 0.4) is 0 Å². The fourth-order valence-corrected chi connectivity index (χ4v) is 4.97. The zero-order valence-electron chi connectivity index (χ0n) is 18.8. The van der Waals surface area contributed by atoms with E-state index < -0.39 is 0 Å². The molecular weight excluding hydrogens is 404 g/mol. The third-order valence-corrected chi connectivity index (χ3v) is 7.17. The average molecular weight is 433 g/mol. The first-order valence-electron chi connectivity index (χ1n) is 10.5. The number of pyridine rings is 1. The minimum Gasteiger partial charge on any atom is -0.273 e. The SMILES string of the molecule is C=C(c1ccc(CN2C(=O)CSC2=O)cn1)c1cc2c(cc1C)C(C)(C)C=CC2(C)C. The van der Waals surface area contributed by atoms with Crippen LogP contribution in [0.2, 0.25) is 0 Å². The van der Waals surface area contributed by atoms with E-state index in [9.17, 15) is 9.59 Å². The molecule has 0 atom stereocenters. The molecule has 5 heteroatoms. The lowest BCUT2D eigenvalue weighted by Crippen LogP contribution is -2.29. The van der Waals surface area contributed by atoms with Gasteiger partial charge in [-0.1, -0.05) is 70.3 Å². The van der Waals surface area contributed by atoms with Crippen LogP contribution < -0.4 is 0 Å². The Balaban J connectivity index is 1.63. The Morgan fingerprint density at radius 2 is 1.74 bits per heavy atom. The van der Waals surface area contributed by atoms with Gasteiger partial charge in [-0.3, -0.25) is 19.5 Å². The summed E-state index contributed by atoms with van der Waals surface area (Å²) < 4.78 is 0. The monoisotopic (exact) mass is 432 g/mol. The van der Waals surface area contributed by atoms with Crippen LogP contribution >= 0.6 is 11.8 Å². The summed E-state index contributed by atoms with van der Waals surface area (Å²) in [6.07, 6.45) is 6.33. The Hall–Kier alpha value is -2.66. The lowest BCUT2D eigenvalue weighted by molar-refractivity contribution is -0.125. The van der Waals surface area contributed by atoms with E-state index in [0.29, 0.717) is 0 Å². The molecule has 160 valence electrons. The van der Waals surface area contributed by atoms with Crippen molar-refractivity contribution < 1.29 is 9.59 Å². The van der Waals surface area contributed by atoms with E-state index >= 15 is 0 Å². The van der Waals surface area contributed by atoms with Crippen LogP contribution in [0.15, 0.2) is 49.2 Å². The number of nitrogens with zero attached hydrogens (tertiary/aromatic N) is 2. The topological polar surface area (TPSA) is 50.3 Å². The number of rotatable bonds is 4. The molecule has 0 saturated carbocycles. The summed E-state index contributed by atoms with van der Waals surface area (Å²) in [5.74, 6) is 0.0777. The van der Waals surface area contributed by atoms with E-state index in [4.69, 9.17) is 0 Å². The number of carbonyl (C=O) groups excluding carboxylic acids is 2. The van der Waals surface area contributed by atoms with E-state index in [1.165, 1.54) is 21.6 Å². The molecular formula is C26H28N2O2S. The summed E-state index contributed by atoms with van der Waals surface area (Å²) in [7, 11) is 0. The molecule has 0 radical (unpaired) electrons. The molecule has 1 aliphatic carbocycles. The maximum atomic E-state index is 11.8. The quantitative estimate of drug-likeness (QED) is 0.575. The summed E-state index contributed by atoms with van der Waals surface area (Å²) in [6.45, 7) is 15.7. The van der Waals surface area contributed by atoms with Gasteiger partial charge < -0.3 is 0 Å². The van der Waals surface area contributed by atoms with Crippen molar-refractivity contribution in [2.24, 2.45) is 0 Å². The molecule has 1 aromatic heterocycles. The second kappa shape index (κ2) is 7.49. The summed E-state index contributed by atoms with van der Waals surface area (Å²) in [6, 6.07) is 8.40. The Labute approximate surface area is 188 Å². The molecule has 1 aliphatic heterocycles. The zero-order valence-corrected chi connectivity index (χ0v) is 19.6. The normalized spacial score (nSPS) is 18.9. The number of hydrogen-bond donors (Lipinski definition) is 0. The molecule has 1 aromatic carbocycles. The second-order valence-corrected chi connectivity index (χ2v) is 10.5. The third-order valence-electron chi connectivity index (χ3n) is 6.31. The van der Waals surface area contributed by atoms with Gasteiger partial charge >= 0.3 is 0 Å². The lowest BCUT2D eigenvalue weighted by atomic mass is 9.67. The molecule has 0 spiro atoms. The predicted octanol–water partition coefficient (Wildman–Crippen LogP) is 5.77. The number of carbonyl (C=O) groups is 2. The van der Waals surface area contributed by atoms with E-state index in [1.54, 1.807) is 6.20 Å². The van der Waals surface area contributed by atoms with Crippen LogP contribution in [0.1, 0.15) is 61.2 Å². The Kier molecular flexibility index (Phi) is 5.21.